The zero-order valence-corrected chi connectivity index (χ0v) is 30.5. The van der Waals surface area contributed by atoms with Crippen LogP contribution in [0.1, 0.15) is 46.5 Å². The van der Waals surface area contributed by atoms with Gasteiger partial charge in [0.15, 0.2) is 17.5 Å². The molecule has 1 aliphatic heterocycles. The number of para-hydroxylation sites is 3. The van der Waals surface area contributed by atoms with E-state index in [-0.39, 0.29) is 0 Å². The lowest BCUT2D eigenvalue weighted by molar-refractivity contribution is 0.748. The number of aromatic nitrogens is 4. The molecule has 0 fully saturated rings. The van der Waals surface area contributed by atoms with Crippen LogP contribution in [0, 0.1) is 0 Å². The molecule has 1 unspecified atom stereocenters. The molecule has 1 spiro atoms. The summed E-state index contributed by atoms with van der Waals surface area (Å²) < 4.78 is 2.49. The van der Waals surface area contributed by atoms with Crippen molar-refractivity contribution < 1.29 is 0 Å². The number of nitrogens with zero attached hydrogens (tertiary/aromatic N) is 4. The van der Waals surface area contributed by atoms with Gasteiger partial charge in [0.25, 0.3) is 0 Å². The van der Waals surface area contributed by atoms with E-state index < -0.39 is 5.41 Å². The van der Waals surface area contributed by atoms with Gasteiger partial charge in [0.1, 0.15) is 0 Å². The van der Waals surface area contributed by atoms with Crippen LogP contribution in [0.5, 0.6) is 0 Å². The molecule has 0 radical (unpaired) electrons. The molecule has 2 aliphatic carbocycles. The monoisotopic (exact) mass is 714 g/mol. The molecule has 3 heterocycles. The SMILES string of the molecule is C1=C(c2ccccc2)CCC(c2nc(-c3ccccc3)nc(-c3ccc4c(c3)C3(c5ccccc5-4)c4ccccc4-n4c5ccccc5c5cccc3c54)n2)=C1. The van der Waals surface area contributed by atoms with Crippen LogP contribution in [0.2, 0.25) is 0 Å². The maximum absolute atomic E-state index is 5.28. The minimum atomic E-state index is -0.551. The highest BCUT2D eigenvalue weighted by atomic mass is 15.0. The van der Waals surface area contributed by atoms with Gasteiger partial charge < -0.3 is 4.57 Å². The lowest BCUT2D eigenvalue weighted by Gasteiger charge is -2.39. The normalized spacial score (nSPS) is 16.4. The summed E-state index contributed by atoms with van der Waals surface area (Å²) in [6, 6.07) is 61.5. The summed E-state index contributed by atoms with van der Waals surface area (Å²) in [4.78, 5) is 15.6. The molecule has 262 valence electrons. The van der Waals surface area contributed by atoms with E-state index >= 15 is 0 Å². The Balaban J connectivity index is 1.11. The summed E-state index contributed by atoms with van der Waals surface area (Å²) in [5, 5.41) is 2.54. The molecule has 56 heavy (non-hydrogen) atoms. The van der Waals surface area contributed by atoms with Crippen molar-refractivity contribution in [3.05, 3.63) is 216 Å². The van der Waals surface area contributed by atoms with E-state index in [4.69, 9.17) is 15.0 Å². The number of fused-ring (bicyclic) bond motifs is 12. The fourth-order valence-corrected chi connectivity index (χ4v) is 9.78. The third-order valence-corrected chi connectivity index (χ3v) is 12.2. The molecule has 4 nitrogen and oxygen atoms in total. The second-order valence-corrected chi connectivity index (χ2v) is 15.0. The average molecular weight is 715 g/mol. The Morgan fingerprint density at radius 1 is 0.411 bits per heavy atom. The van der Waals surface area contributed by atoms with Crippen molar-refractivity contribution in [1.82, 2.24) is 19.5 Å². The summed E-state index contributed by atoms with van der Waals surface area (Å²) in [7, 11) is 0. The minimum absolute atomic E-state index is 0.551. The zero-order valence-electron chi connectivity index (χ0n) is 30.5. The predicted octanol–water partition coefficient (Wildman–Crippen LogP) is 12.2. The van der Waals surface area contributed by atoms with Crippen molar-refractivity contribution in [3.63, 3.8) is 0 Å². The van der Waals surface area contributed by atoms with Gasteiger partial charge in [-0.1, -0.05) is 164 Å². The zero-order chi connectivity index (χ0) is 36.8. The second-order valence-electron chi connectivity index (χ2n) is 15.0. The molecule has 9 aromatic rings. The second kappa shape index (κ2) is 11.9. The molecule has 0 N–H and O–H groups in total. The molecular weight excluding hydrogens is 681 g/mol. The Labute approximate surface area is 324 Å². The Hall–Kier alpha value is -7.17. The molecule has 0 saturated heterocycles. The van der Waals surface area contributed by atoms with Gasteiger partial charge in [0.2, 0.25) is 0 Å². The van der Waals surface area contributed by atoms with Crippen LogP contribution in [-0.2, 0) is 5.41 Å². The van der Waals surface area contributed by atoms with E-state index in [1.54, 1.807) is 0 Å². The first kappa shape index (κ1) is 31.2. The Morgan fingerprint density at radius 2 is 1.02 bits per heavy atom. The standard InChI is InChI=1S/C52H34N4/c1-3-14-33(15-4-1)34-26-28-36(29-27-34)50-53-49(35-16-5-2-6-17-35)54-51(55-50)37-30-31-39-38-18-7-9-21-42(38)52(45(39)32-37)43-22-10-12-25-47(43)56-46-24-11-8-19-40(46)41-20-13-23-44(52)48(41)56/h1-26,28,30-32H,27,29H2. The van der Waals surface area contributed by atoms with Crippen molar-refractivity contribution >= 4 is 33.0 Å². The molecule has 4 heteroatoms. The largest absolute Gasteiger partial charge is 0.309 e. The molecule has 0 saturated carbocycles. The molecule has 3 aliphatic rings. The van der Waals surface area contributed by atoms with Crippen LogP contribution in [-0.4, -0.2) is 19.5 Å². The third-order valence-electron chi connectivity index (χ3n) is 12.2. The number of hydrogen-bond donors (Lipinski definition) is 0. The quantitative estimate of drug-likeness (QED) is 0.182. The van der Waals surface area contributed by atoms with E-state index in [2.05, 4.69) is 168 Å². The molecule has 7 aromatic carbocycles. The van der Waals surface area contributed by atoms with Gasteiger partial charge in [-0.3, -0.25) is 0 Å². The maximum atomic E-state index is 5.28. The summed E-state index contributed by atoms with van der Waals surface area (Å²) in [6.07, 6.45) is 6.22. The maximum Gasteiger partial charge on any atom is 0.164 e. The van der Waals surface area contributed by atoms with Gasteiger partial charge in [-0.05, 0) is 81.1 Å². The first-order valence-electron chi connectivity index (χ1n) is 19.4. The molecule has 2 aromatic heterocycles. The summed E-state index contributed by atoms with van der Waals surface area (Å²) in [5.74, 6) is 2.09. The van der Waals surface area contributed by atoms with Crippen LogP contribution >= 0.6 is 0 Å². The fourth-order valence-electron chi connectivity index (χ4n) is 9.78. The van der Waals surface area contributed by atoms with E-state index in [0.717, 1.165) is 35.4 Å². The lowest BCUT2D eigenvalue weighted by Crippen LogP contribution is -2.33. The van der Waals surface area contributed by atoms with Gasteiger partial charge in [-0.15, -0.1) is 0 Å². The van der Waals surface area contributed by atoms with Crippen molar-refractivity contribution in [3.8, 4) is 39.6 Å². The van der Waals surface area contributed by atoms with Crippen LogP contribution in [0.15, 0.2) is 182 Å². The van der Waals surface area contributed by atoms with Gasteiger partial charge in [-0.25, -0.2) is 15.0 Å². The van der Waals surface area contributed by atoms with Crippen LogP contribution < -0.4 is 0 Å². The van der Waals surface area contributed by atoms with Crippen LogP contribution in [0.25, 0.3) is 72.5 Å². The van der Waals surface area contributed by atoms with E-state index in [0.29, 0.717) is 11.6 Å². The third kappa shape index (κ3) is 4.32. The molecule has 12 rings (SSSR count). The van der Waals surface area contributed by atoms with E-state index in [1.807, 2.05) is 18.2 Å². The van der Waals surface area contributed by atoms with Crippen LogP contribution in [0.3, 0.4) is 0 Å². The minimum Gasteiger partial charge on any atom is -0.309 e. The van der Waals surface area contributed by atoms with Crippen molar-refractivity contribution in [2.45, 2.75) is 18.3 Å². The molecule has 0 amide bonds. The van der Waals surface area contributed by atoms with Gasteiger partial charge in [0.05, 0.1) is 22.1 Å². The van der Waals surface area contributed by atoms with Gasteiger partial charge in [-0.2, -0.15) is 0 Å². The fraction of sp³-hybridized carbons (Fsp3) is 0.0577. The number of benzene rings is 7. The number of hydrogen-bond acceptors (Lipinski definition) is 3. The first-order valence-corrected chi connectivity index (χ1v) is 19.4. The predicted molar refractivity (Wildman–Crippen MR) is 228 cm³/mol. The topological polar surface area (TPSA) is 43.6 Å². The molecule has 1 atom stereocenters. The van der Waals surface area contributed by atoms with Crippen molar-refractivity contribution in [2.24, 2.45) is 0 Å². The summed E-state index contributed by atoms with van der Waals surface area (Å²) in [5.41, 5.74) is 16.5. The number of allylic oxidation sites excluding steroid dienone is 4. The van der Waals surface area contributed by atoms with E-state index in [1.165, 1.54) is 72.0 Å². The van der Waals surface area contributed by atoms with Crippen LogP contribution in [0.4, 0.5) is 0 Å². The van der Waals surface area contributed by atoms with Crippen molar-refractivity contribution in [2.75, 3.05) is 0 Å². The highest BCUT2D eigenvalue weighted by Gasteiger charge is 2.50. The average Bonchev–Trinajstić information content (AvgIpc) is 3.77. The Kier molecular flexibility index (Phi) is 6.64. The van der Waals surface area contributed by atoms with Crippen molar-refractivity contribution in [1.29, 1.82) is 0 Å². The highest BCUT2D eigenvalue weighted by molar-refractivity contribution is 6.12. The lowest BCUT2D eigenvalue weighted by atomic mass is 9.65. The highest BCUT2D eigenvalue weighted by Crippen LogP contribution is 2.61. The number of rotatable bonds is 4. The first-order chi connectivity index (χ1) is 27.8. The Morgan fingerprint density at radius 3 is 1.84 bits per heavy atom. The molecular formula is C52H34N4. The van der Waals surface area contributed by atoms with Gasteiger partial charge >= 0.3 is 0 Å². The van der Waals surface area contributed by atoms with E-state index in [9.17, 15) is 0 Å². The molecule has 0 bridgehead atoms. The Bertz CT molecular complexity index is 3130. The van der Waals surface area contributed by atoms with Gasteiger partial charge in [0, 0.05) is 21.9 Å². The smallest absolute Gasteiger partial charge is 0.164 e. The summed E-state index contributed by atoms with van der Waals surface area (Å²) >= 11 is 0. The summed E-state index contributed by atoms with van der Waals surface area (Å²) in [6.45, 7) is 0.